The summed E-state index contributed by atoms with van der Waals surface area (Å²) in [7, 11) is 0. The Bertz CT molecular complexity index is 376. The average molecular weight is 207 g/mol. The van der Waals surface area contributed by atoms with Crippen molar-refractivity contribution in [2.45, 2.75) is 26.3 Å². The summed E-state index contributed by atoms with van der Waals surface area (Å²) in [5.74, 6) is 1.28. The number of anilines is 2. The lowest BCUT2D eigenvalue weighted by Gasteiger charge is -2.20. The minimum atomic E-state index is 0.251. The first kappa shape index (κ1) is 10.2. The van der Waals surface area contributed by atoms with Gasteiger partial charge in [-0.25, -0.2) is 4.98 Å². The molecular weight excluding hydrogens is 190 g/mol. The molecule has 82 valence electrons. The molecule has 2 heterocycles. The second kappa shape index (κ2) is 3.66. The molecule has 0 saturated carbocycles. The molecule has 1 aromatic heterocycles. The molecule has 0 aromatic carbocycles. The van der Waals surface area contributed by atoms with Crippen LogP contribution >= 0.6 is 0 Å². The molecular formula is C10H17N5. The molecule has 0 amide bonds. The smallest absolute Gasteiger partial charge is 0.222 e. The minimum absolute atomic E-state index is 0.251. The van der Waals surface area contributed by atoms with Crippen molar-refractivity contribution < 1.29 is 0 Å². The van der Waals surface area contributed by atoms with Crippen molar-refractivity contribution in [2.75, 3.05) is 23.7 Å². The van der Waals surface area contributed by atoms with Crippen molar-refractivity contribution in [2.24, 2.45) is 5.73 Å². The van der Waals surface area contributed by atoms with E-state index in [0.717, 1.165) is 36.6 Å². The topological polar surface area (TPSA) is 81.1 Å². The SMILES string of the molecule is Cc1nc(N)nc(N2CCC(N)C2)c1C. The van der Waals surface area contributed by atoms with Crippen LogP contribution in [0.5, 0.6) is 0 Å². The fourth-order valence-electron chi connectivity index (χ4n) is 1.92. The third-order valence-corrected chi connectivity index (χ3v) is 2.91. The van der Waals surface area contributed by atoms with Gasteiger partial charge in [0, 0.05) is 30.4 Å². The summed E-state index contributed by atoms with van der Waals surface area (Å²) in [5, 5.41) is 0. The van der Waals surface area contributed by atoms with Gasteiger partial charge in [-0.2, -0.15) is 4.98 Å². The zero-order valence-electron chi connectivity index (χ0n) is 9.20. The van der Waals surface area contributed by atoms with Gasteiger partial charge < -0.3 is 16.4 Å². The van der Waals surface area contributed by atoms with E-state index in [9.17, 15) is 0 Å². The van der Waals surface area contributed by atoms with Crippen molar-refractivity contribution in [1.82, 2.24) is 9.97 Å². The van der Waals surface area contributed by atoms with Gasteiger partial charge in [-0.05, 0) is 20.3 Å². The van der Waals surface area contributed by atoms with Crippen LogP contribution in [0.4, 0.5) is 11.8 Å². The number of rotatable bonds is 1. The molecule has 0 bridgehead atoms. The summed E-state index contributed by atoms with van der Waals surface area (Å²) >= 11 is 0. The number of aromatic nitrogens is 2. The van der Waals surface area contributed by atoms with Crippen LogP contribution in [0.3, 0.4) is 0 Å². The lowest BCUT2D eigenvalue weighted by molar-refractivity contribution is 0.751. The van der Waals surface area contributed by atoms with Crippen LogP contribution in [0.2, 0.25) is 0 Å². The number of nitrogen functional groups attached to an aromatic ring is 1. The Morgan fingerprint density at radius 1 is 1.33 bits per heavy atom. The highest BCUT2D eigenvalue weighted by atomic mass is 15.2. The van der Waals surface area contributed by atoms with Crippen LogP contribution in [0.25, 0.3) is 0 Å². The minimum Gasteiger partial charge on any atom is -0.368 e. The Balaban J connectivity index is 2.35. The average Bonchev–Trinajstić information content (AvgIpc) is 2.58. The van der Waals surface area contributed by atoms with Crippen molar-refractivity contribution in [1.29, 1.82) is 0 Å². The number of aryl methyl sites for hydroxylation is 1. The monoisotopic (exact) mass is 207 g/mol. The van der Waals surface area contributed by atoms with Gasteiger partial charge in [0.25, 0.3) is 0 Å². The molecule has 1 fully saturated rings. The normalized spacial score (nSPS) is 21.0. The molecule has 1 atom stereocenters. The predicted molar refractivity (Wildman–Crippen MR) is 60.7 cm³/mol. The Hall–Kier alpha value is -1.36. The van der Waals surface area contributed by atoms with E-state index in [-0.39, 0.29) is 6.04 Å². The first-order valence-electron chi connectivity index (χ1n) is 5.19. The van der Waals surface area contributed by atoms with E-state index in [4.69, 9.17) is 11.5 Å². The Morgan fingerprint density at radius 2 is 2.07 bits per heavy atom. The molecule has 2 rings (SSSR count). The lowest BCUT2D eigenvalue weighted by Crippen LogP contribution is -2.28. The second-order valence-corrected chi connectivity index (χ2v) is 4.11. The molecule has 1 saturated heterocycles. The summed E-state index contributed by atoms with van der Waals surface area (Å²) in [6.07, 6.45) is 1.02. The van der Waals surface area contributed by atoms with Gasteiger partial charge in [0.15, 0.2) is 0 Å². The zero-order chi connectivity index (χ0) is 11.0. The second-order valence-electron chi connectivity index (χ2n) is 4.11. The van der Waals surface area contributed by atoms with Crippen LogP contribution in [-0.2, 0) is 0 Å². The maximum Gasteiger partial charge on any atom is 0.222 e. The van der Waals surface area contributed by atoms with Crippen molar-refractivity contribution in [3.05, 3.63) is 11.3 Å². The van der Waals surface area contributed by atoms with Crippen LogP contribution in [0.15, 0.2) is 0 Å². The van der Waals surface area contributed by atoms with Gasteiger partial charge in [-0.3, -0.25) is 0 Å². The molecule has 5 nitrogen and oxygen atoms in total. The maximum atomic E-state index is 5.87. The van der Waals surface area contributed by atoms with Crippen molar-refractivity contribution >= 4 is 11.8 Å². The van der Waals surface area contributed by atoms with E-state index in [1.54, 1.807) is 0 Å². The summed E-state index contributed by atoms with van der Waals surface area (Å²) in [4.78, 5) is 10.6. The fraction of sp³-hybridized carbons (Fsp3) is 0.600. The van der Waals surface area contributed by atoms with E-state index in [1.807, 2.05) is 13.8 Å². The highest BCUT2D eigenvalue weighted by Gasteiger charge is 2.22. The Kier molecular flexibility index (Phi) is 2.48. The van der Waals surface area contributed by atoms with Crippen LogP contribution in [0.1, 0.15) is 17.7 Å². The van der Waals surface area contributed by atoms with Gasteiger partial charge in [-0.15, -0.1) is 0 Å². The van der Waals surface area contributed by atoms with Crippen LogP contribution < -0.4 is 16.4 Å². The molecule has 1 unspecified atom stereocenters. The molecule has 1 aromatic rings. The number of hydrogen-bond donors (Lipinski definition) is 2. The number of hydrogen-bond acceptors (Lipinski definition) is 5. The molecule has 0 spiro atoms. The predicted octanol–water partition coefficient (Wildman–Crippen LogP) is 0.213. The Morgan fingerprint density at radius 3 is 2.67 bits per heavy atom. The molecule has 1 aliphatic heterocycles. The molecule has 0 aliphatic carbocycles. The number of nitrogens with zero attached hydrogens (tertiary/aromatic N) is 3. The van der Waals surface area contributed by atoms with Crippen LogP contribution in [-0.4, -0.2) is 29.1 Å². The highest BCUT2D eigenvalue weighted by Crippen LogP contribution is 2.23. The van der Waals surface area contributed by atoms with Crippen molar-refractivity contribution in [3.63, 3.8) is 0 Å². The molecule has 1 aliphatic rings. The Labute approximate surface area is 89.5 Å². The van der Waals surface area contributed by atoms with Crippen molar-refractivity contribution in [3.8, 4) is 0 Å². The highest BCUT2D eigenvalue weighted by molar-refractivity contribution is 5.51. The van der Waals surface area contributed by atoms with E-state index in [1.165, 1.54) is 0 Å². The first-order chi connectivity index (χ1) is 7.08. The van der Waals surface area contributed by atoms with Gasteiger partial charge in [0.1, 0.15) is 5.82 Å². The largest absolute Gasteiger partial charge is 0.368 e. The molecule has 0 radical (unpaired) electrons. The molecule has 15 heavy (non-hydrogen) atoms. The fourth-order valence-corrected chi connectivity index (χ4v) is 1.92. The first-order valence-corrected chi connectivity index (χ1v) is 5.19. The third-order valence-electron chi connectivity index (χ3n) is 2.91. The van der Waals surface area contributed by atoms with Gasteiger partial charge >= 0.3 is 0 Å². The van der Waals surface area contributed by atoms with E-state index >= 15 is 0 Å². The number of nitrogens with two attached hydrogens (primary N) is 2. The summed E-state index contributed by atoms with van der Waals surface area (Å²) in [6.45, 7) is 5.79. The van der Waals surface area contributed by atoms with Gasteiger partial charge in [0.05, 0.1) is 0 Å². The molecule has 5 heteroatoms. The summed E-state index contributed by atoms with van der Waals surface area (Å²) in [5.41, 5.74) is 13.6. The maximum absolute atomic E-state index is 5.87. The summed E-state index contributed by atoms with van der Waals surface area (Å²) < 4.78 is 0. The quantitative estimate of drug-likeness (QED) is 0.688. The van der Waals surface area contributed by atoms with Gasteiger partial charge in [0.2, 0.25) is 5.95 Å². The third kappa shape index (κ3) is 1.87. The van der Waals surface area contributed by atoms with E-state index in [0.29, 0.717) is 5.95 Å². The molecule has 4 N–H and O–H groups in total. The zero-order valence-corrected chi connectivity index (χ0v) is 9.20. The summed E-state index contributed by atoms with van der Waals surface area (Å²) in [6, 6.07) is 0.251. The standard InChI is InChI=1S/C10H17N5/c1-6-7(2)13-10(12)14-9(6)15-4-3-8(11)5-15/h8H,3-5,11H2,1-2H3,(H2,12,13,14). The van der Waals surface area contributed by atoms with E-state index < -0.39 is 0 Å². The lowest BCUT2D eigenvalue weighted by atomic mass is 10.2. The van der Waals surface area contributed by atoms with Gasteiger partial charge in [-0.1, -0.05) is 0 Å². The van der Waals surface area contributed by atoms with Crippen LogP contribution in [0, 0.1) is 13.8 Å². The van der Waals surface area contributed by atoms with E-state index in [2.05, 4.69) is 14.9 Å².